The number of rotatable bonds is 2. The number of methoxy groups -OCH3 is 1. The Hall–Kier alpha value is -2.31. The fraction of sp³-hybridized carbons (Fsp3) is 0.278. The molecule has 1 aromatic carbocycles. The van der Waals surface area contributed by atoms with E-state index in [0.29, 0.717) is 28.9 Å². The molecule has 0 aliphatic carbocycles. The van der Waals surface area contributed by atoms with Crippen LogP contribution >= 0.6 is 23.2 Å². The first-order valence-electron chi connectivity index (χ1n) is 8.15. The van der Waals surface area contributed by atoms with Gasteiger partial charge in [0.25, 0.3) is 5.91 Å². The van der Waals surface area contributed by atoms with Crippen LogP contribution in [0.15, 0.2) is 30.7 Å². The second-order valence-corrected chi connectivity index (χ2v) is 6.94. The number of aromatic nitrogens is 3. The minimum atomic E-state index is -0.208. The van der Waals surface area contributed by atoms with Crippen LogP contribution in [0.4, 0.5) is 0 Å². The SMILES string of the molecule is COc1cnc(C(=O)N2CCn3cc4c(Cl)c(Cl)ccc4c3[C@@H]2C)nc1. The zero-order valence-corrected chi connectivity index (χ0v) is 15.8. The maximum atomic E-state index is 12.9. The van der Waals surface area contributed by atoms with Crippen LogP contribution in [0.2, 0.25) is 10.0 Å². The van der Waals surface area contributed by atoms with Crippen LogP contribution in [0.1, 0.15) is 29.3 Å². The number of ether oxygens (including phenoxy) is 1. The summed E-state index contributed by atoms with van der Waals surface area (Å²) in [5, 5.41) is 2.96. The van der Waals surface area contributed by atoms with Gasteiger partial charge in [0.2, 0.25) is 5.82 Å². The van der Waals surface area contributed by atoms with Crippen molar-refractivity contribution in [2.45, 2.75) is 19.5 Å². The summed E-state index contributed by atoms with van der Waals surface area (Å²) in [6.07, 6.45) is 4.99. The summed E-state index contributed by atoms with van der Waals surface area (Å²) in [6, 6.07) is 3.59. The number of hydrogen-bond donors (Lipinski definition) is 0. The van der Waals surface area contributed by atoms with Crippen molar-refractivity contribution in [1.82, 2.24) is 19.4 Å². The van der Waals surface area contributed by atoms with Crippen molar-refractivity contribution in [2.75, 3.05) is 13.7 Å². The third-order valence-electron chi connectivity index (χ3n) is 4.76. The summed E-state index contributed by atoms with van der Waals surface area (Å²) in [5.41, 5.74) is 1.03. The Kier molecular flexibility index (Phi) is 4.25. The molecule has 1 aliphatic heterocycles. The molecular weight excluding hydrogens is 375 g/mol. The van der Waals surface area contributed by atoms with E-state index < -0.39 is 0 Å². The Labute approximate surface area is 160 Å². The molecular formula is C18H16Cl2N4O2. The lowest BCUT2D eigenvalue weighted by Gasteiger charge is -2.34. The fourth-order valence-electron chi connectivity index (χ4n) is 3.44. The van der Waals surface area contributed by atoms with Gasteiger partial charge in [-0.05, 0) is 13.0 Å². The average molecular weight is 391 g/mol. The van der Waals surface area contributed by atoms with Gasteiger partial charge in [-0.2, -0.15) is 0 Å². The molecule has 6 nitrogen and oxygen atoms in total. The van der Waals surface area contributed by atoms with Crippen molar-refractivity contribution in [2.24, 2.45) is 0 Å². The second-order valence-electron chi connectivity index (χ2n) is 6.15. The van der Waals surface area contributed by atoms with Crippen LogP contribution < -0.4 is 4.74 Å². The Morgan fingerprint density at radius 3 is 2.62 bits per heavy atom. The summed E-state index contributed by atoms with van der Waals surface area (Å²) in [7, 11) is 1.53. The topological polar surface area (TPSA) is 60.2 Å². The highest BCUT2D eigenvalue weighted by molar-refractivity contribution is 6.45. The van der Waals surface area contributed by atoms with E-state index in [2.05, 4.69) is 14.5 Å². The molecule has 26 heavy (non-hydrogen) atoms. The van der Waals surface area contributed by atoms with Gasteiger partial charge in [-0.25, -0.2) is 9.97 Å². The third kappa shape index (κ3) is 2.61. The van der Waals surface area contributed by atoms with Crippen molar-refractivity contribution >= 4 is 39.9 Å². The summed E-state index contributed by atoms with van der Waals surface area (Å²) in [6.45, 7) is 3.23. The minimum Gasteiger partial charge on any atom is -0.494 e. The number of hydrogen-bond acceptors (Lipinski definition) is 4. The van der Waals surface area contributed by atoms with Crippen LogP contribution in [-0.2, 0) is 6.54 Å². The molecule has 4 rings (SSSR count). The lowest BCUT2D eigenvalue weighted by atomic mass is 10.1. The second kappa shape index (κ2) is 6.45. The van der Waals surface area contributed by atoms with E-state index in [0.717, 1.165) is 16.5 Å². The smallest absolute Gasteiger partial charge is 0.292 e. The minimum absolute atomic E-state index is 0.142. The molecule has 3 heterocycles. The van der Waals surface area contributed by atoms with Crippen molar-refractivity contribution in [1.29, 1.82) is 0 Å². The molecule has 0 saturated heterocycles. The first-order valence-corrected chi connectivity index (χ1v) is 8.90. The molecule has 3 aromatic rings. The molecule has 0 saturated carbocycles. The van der Waals surface area contributed by atoms with E-state index >= 15 is 0 Å². The van der Waals surface area contributed by atoms with Gasteiger partial charge in [-0.1, -0.05) is 29.3 Å². The number of benzene rings is 1. The first kappa shape index (κ1) is 17.1. The number of nitrogens with zero attached hydrogens (tertiary/aromatic N) is 4. The molecule has 0 bridgehead atoms. The van der Waals surface area contributed by atoms with Gasteiger partial charge in [0.15, 0.2) is 5.75 Å². The maximum Gasteiger partial charge on any atom is 0.292 e. The van der Waals surface area contributed by atoms with E-state index in [1.165, 1.54) is 19.5 Å². The van der Waals surface area contributed by atoms with Gasteiger partial charge in [0.1, 0.15) is 0 Å². The summed E-state index contributed by atoms with van der Waals surface area (Å²) < 4.78 is 7.18. The number of carbonyl (C=O) groups excluding carboxylic acids is 1. The largest absolute Gasteiger partial charge is 0.494 e. The standard InChI is InChI=1S/C18H16Cl2N4O2/c1-10-16-12-3-4-14(19)15(20)13(12)9-23(16)5-6-24(10)18(25)17-21-7-11(26-2)8-22-17/h3-4,7-10H,5-6H2,1-2H3/t10-/m0/s1. The molecule has 0 radical (unpaired) electrons. The van der Waals surface area contributed by atoms with Crippen LogP contribution in [0.5, 0.6) is 5.75 Å². The highest BCUT2D eigenvalue weighted by atomic mass is 35.5. The van der Waals surface area contributed by atoms with Gasteiger partial charge in [0.05, 0.1) is 35.6 Å². The predicted octanol–water partition coefficient (Wildman–Crippen LogP) is 3.96. The lowest BCUT2D eigenvalue weighted by molar-refractivity contribution is 0.0633. The van der Waals surface area contributed by atoms with E-state index in [9.17, 15) is 4.79 Å². The molecule has 0 N–H and O–H groups in total. The van der Waals surface area contributed by atoms with E-state index in [-0.39, 0.29) is 17.8 Å². The highest BCUT2D eigenvalue weighted by Crippen LogP contribution is 2.39. The summed E-state index contributed by atoms with van der Waals surface area (Å²) in [5.74, 6) is 0.462. The molecule has 1 amide bonds. The number of fused-ring (bicyclic) bond motifs is 3. The maximum absolute atomic E-state index is 12.9. The molecule has 0 fully saturated rings. The molecule has 0 spiro atoms. The molecule has 0 unspecified atom stereocenters. The van der Waals surface area contributed by atoms with Crippen molar-refractivity contribution in [3.05, 3.63) is 52.3 Å². The molecule has 1 atom stereocenters. The molecule has 1 aliphatic rings. The third-order valence-corrected chi connectivity index (χ3v) is 5.58. The Bertz CT molecular complexity index is 1000. The first-order chi connectivity index (χ1) is 12.5. The zero-order chi connectivity index (χ0) is 18.4. The highest BCUT2D eigenvalue weighted by Gasteiger charge is 2.32. The van der Waals surface area contributed by atoms with Gasteiger partial charge in [0, 0.05) is 35.8 Å². The van der Waals surface area contributed by atoms with Crippen LogP contribution in [0, 0.1) is 0 Å². The van der Waals surface area contributed by atoms with E-state index in [1.807, 2.05) is 19.2 Å². The van der Waals surface area contributed by atoms with Crippen LogP contribution in [0.25, 0.3) is 10.8 Å². The number of carbonyl (C=O) groups is 1. The molecule has 2 aromatic heterocycles. The normalized spacial score (nSPS) is 16.6. The van der Waals surface area contributed by atoms with E-state index in [4.69, 9.17) is 27.9 Å². The monoisotopic (exact) mass is 390 g/mol. The Morgan fingerprint density at radius 2 is 1.92 bits per heavy atom. The zero-order valence-electron chi connectivity index (χ0n) is 14.2. The van der Waals surface area contributed by atoms with Crippen molar-refractivity contribution in [3.63, 3.8) is 0 Å². The predicted molar refractivity (Wildman–Crippen MR) is 100.0 cm³/mol. The average Bonchev–Trinajstić information content (AvgIpc) is 3.05. The van der Waals surface area contributed by atoms with Gasteiger partial charge in [-0.15, -0.1) is 0 Å². The molecule has 8 heteroatoms. The Morgan fingerprint density at radius 1 is 1.19 bits per heavy atom. The van der Waals surface area contributed by atoms with Gasteiger partial charge < -0.3 is 14.2 Å². The fourth-order valence-corrected chi connectivity index (χ4v) is 3.82. The van der Waals surface area contributed by atoms with Crippen LogP contribution in [-0.4, -0.2) is 39.0 Å². The molecule has 134 valence electrons. The van der Waals surface area contributed by atoms with Crippen LogP contribution in [0.3, 0.4) is 0 Å². The van der Waals surface area contributed by atoms with E-state index in [1.54, 1.807) is 11.0 Å². The lowest BCUT2D eigenvalue weighted by Crippen LogP contribution is -2.41. The summed E-state index contributed by atoms with van der Waals surface area (Å²) in [4.78, 5) is 22.9. The van der Waals surface area contributed by atoms with Crippen molar-refractivity contribution in [3.8, 4) is 5.75 Å². The number of halogens is 2. The number of amides is 1. The Balaban J connectivity index is 1.72. The van der Waals surface area contributed by atoms with Gasteiger partial charge >= 0.3 is 0 Å². The van der Waals surface area contributed by atoms with Gasteiger partial charge in [-0.3, -0.25) is 4.79 Å². The quantitative estimate of drug-likeness (QED) is 0.664. The van der Waals surface area contributed by atoms with Crippen molar-refractivity contribution < 1.29 is 9.53 Å². The summed E-state index contributed by atoms with van der Waals surface area (Å²) >= 11 is 12.5.